The summed E-state index contributed by atoms with van der Waals surface area (Å²) >= 11 is 0. The van der Waals surface area contributed by atoms with E-state index in [1.54, 1.807) is 6.92 Å². The molecule has 0 aliphatic rings. The Hall–Kier alpha value is -1.37. The van der Waals surface area contributed by atoms with Gasteiger partial charge in [-0.3, -0.25) is 4.79 Å². The van der Waals surface area contributed by atoms with Crippen molar-refractivity contribution in [3.8, 4) is 0 Å². The van der Waals surface area contributed by atoms with Crippen molar-refractivity contribution in [2.75, 3.05) is 0 Å². The number of carbonyl (C=O) groups is 1. The molecule has 0 saturated heterocycles. The van der Waals surface area contributed by atoms with Gasteiger partial charge in [-0.25, -0.2) is 0 Å². The first kappa shape index (κ1) is 9.72. The summed E-state index contributed by atoms with van der Waals surface area (Å²) in [7, 11) is 0. The quantitative estimate of drug-likeness (QED) is 0.688. The minimum Gasteiger partial charge on any atom is -0.300 e. The van der Waals surface area contributed by atoms with Crippen LogP contribution in [0.25, 0.3) is 6.08 Å². The normalized spacial score (nSPS) is 11.4. The molecule has 0 aliphatic heterocycles. The van der Waals surface area contributed by atoms with Crippen LogP contribution >= 0.6 is 0 Å². The summed E-state index contributed by atoms with van der Waals surface area (Å²) in [6, 6.07) is 10.0. The van der Waals surface area contributed by atoms with Gasteiger partial charge >= 0.3 is 0 Å². The fourth-order valence-corrected chi connectivity index (χ4v) is 1.28. The van der Waals surface area contributed by atoms with Gasteiger partial charge < -0.3 is 0 Å². The highest BCUT2D eigenvalue weighted by molar-refractivity contribution is 5.79. The third-order valence-electron chi connectivity index (χ3n) is 1.74. The number of benzene rings is 1. The number of hydrogen-bond acceptors (Lipinski definition) is 1. The molecule has 13 heavy (non-hydrogen) atoms. The SMILES string of the molecule is CC(=O)C/C(C)=C/c1ccccc1. The van der Waals surface area contributed by atoms with Crippen LogP contribution < -0.4 is 0 Å². The zero-order valence-electron chi connectivity index (χ0n) is 8.08. The first-order valence-electron chi connectivity index (χ1n) is 4.40. The zero-order chi connectivity index (χ0) is 9.68. The molecule has 1 rings (SSSR count). The number of allylic oxidation sites excluding steroid dienone is 1. The van der Waals surface area contributed by atoms with Crippen molar-refractivity contribution >= 4 is 11.9 Å². The first-order valence-corrected chi connectivity index (χ1v) is 4.40. The van der Waals surface area contributed by atoms with E-state index in [0.29, 0.717) is 6.42 Å². The number of ketones is 1. The van der Waals surface area contributed by atoms with E-state index >= 15 is 0 Å². The second kappa shape index (κ2) is 4.61. The van der Waals surface area contributed by atoms with Crippen molar-refractivity contribution in [3.63, 3.8) is 0 Å². The van der Waals surface area contributed by atoms with Gasteiger partial charge in [0.15, 0.2) is 0 Å². The van der Waals surface area contributed by atoms with E-state index in [-0.39, 0.29) is 5.78 Å². The van der Waals surface area contributed by atoms with E-state index in [4.69, 9.17) is 0 Å². The molecule has 0 fully saturated rings. The third kappa shape index (κ3) is 3.70. The Labute approximate surface area is 79.1 Å². The van der Waals surface area contributed by atoms with Crippen LogP contribution in [0.4, 0.5) is 0 Å². The largest absolute Gasteiger partial charge is 0.300 e. The molecule has 1 aromatic carbocycles. The van der Waals surface area contributed by atoms with Crippen LogP contribution in [0.5, 0.6) is 0 Å². The molecule has 0 bridgehead atoms. The lowest BCUT2D eigenvalue weighted by Gasteiger charge is -1.97. The summed E-state index contributed by atoms with van der Waals surface area (Å²) < 4.78 is 0. The fourth-order valence-electron chi connectivity index (χ4n) is 1.28. The van der Waals surface area contributed by atoms with Gasteiger partial charge in [-0.1, -0.05) is 42.0 Å². The highest BCUT2D eigenvalue weighted by Crippen LogP contribution is 2.08. The highest BCUT2D eigenvalue weighted by Gasteiger charge is 1.94. The van der Waals surface area contributed by atoms with Crippen molar-refractivity contribution in [2.24, 2.45) is 0 Å². The zero-order valence-corrected chi connectivity index (χ0v) is 8.08. The Morgan fingerprint density at radius 2 is 1.85 bits per heavy atom. The molecule has 1 heteroatoms. The van der Waals surface area contributed by atoms with E-state index in [1.807, 2.05) is 43.3 Å². The molecular formula is C12H14O. The Morgan fingerprint density at radius 3 is 2.38 bits per heavy atom. The maximum absolute atomic E-state index is 10.8. The van der Waals surface area contributed by atoms with Crippen LogP contribution in [0.1, 0.15) is 25.8 Å². The van der Waals surface area contributed by atoms with E-state index in [0.717, 1.165) is 11.1 Å². The molecular weight excluding hydrogens is 160 g/mol. The molecule has 0 N–H and O–H groups in total. The predicted octanol–water partition coefficient (Wildman–Crippen LogP) is 3.07. The third-order valence-corrected chi connectivity index (χ3v) is 1.74. The minimum absolute atomic E-state index is 0.213. The fraction of sp³-hybridized carbons (Fsp3) is 0.250. The first-order chi connectivity index (χ1) is 6.18. The summed E-state index contributed by atoms with van der Waals surface area (Å²) in [4.78, 5) is 10.8. The van der Waals surface area contributed by atoms with Gasteiger partial charge in [0.2, 0.25) is 0 Å². The van der Waals surface area contributed by atoms with Crippen molar-refractivity contribution in [3.05, 3.63) is 41.5 Å². The van der Waals surface area contributed by atoms with Crippen LogP contribution in [0.2, 0.25) is 0 Å². The van der Waals surface area contributed by atoms with Crippen LogP contribution in [0, 0.1) is 0 Å². The van der Waals surface area contributed by atoms with E-state index in [2.05, 4.69) is 0 Å². The Bertz CT molecular complexity index is 309. The maximum atomic E-state index is 10.8. The second-order valence-electron chi connectivity index (χ2n) is 3.28. The van der Waals surface area contributed by atoms with Crippen molar-refractivity contribution < 1.29 is 4.79 Å². The molecule has 0 aromatic heterocycles. The van der Waals surface area contributed by atoms with Gasteiger partial charge in [-0.15, -0.1) is 0 Å². The van der Waals surface area contributed by atoms with Crippen LogP contribution in [-0.4, -0.2) is 5.78 Å². The number of hydrogen-bond donors (Lipinski definition) is 0. The van der Waals surface area contributed by atoms with Gasteiger partial charge in [0, 0.05) is 6.42 Å². The van der Waals surface area contributed by atoms with E-state index in [1.165, 1.54) is 0 Å². The molecule has 0 aliphatic carbocycles. The van der Waals surface area contributed by atoms with Crippen LogP contribution in [-0.2, 0) is 4.79 Å². The van der Waals surface area contributed by atoms with Crippen molar-refractivity contribution in [2.45, 2.75) is 20.3 Å². The molecule has 0 heterocycles. The Morgan fingerprint density at radius 1 is 1.23 bits per heavy atom. The van der Waals surface area contributed by atoms with Gasteiger partial charge in [0.1, 0.15) is 5.78 Å². The van der Waals surface area contributed by atoms with Gasteiger partial charge in [-0.2, -0.15) is 0 Å². The van der Waals surface area contributed by atoms with Crippen LogP contribution in [0.15, 0.2) is 35.9 Å². The number of carbonyl (C=O) groups excluding carboxylic acids is 1. The number of Topliss-reactive ketones (excluding diaryl/α,β-unsaturated/α-hetero) is 1. The summed E-state index contributed by atoms with van der Waals surface area (Å²) in [6.07, 6.45) is 2.59. The average molecular weight is 174 g/mol. The molecule has 0 unspecified atom stereocenters. The van der Waals surface area contributed by atoms with Gasteiger partial charge in [0.25, 0.3) is 0 Å². The standard InChI is InChI=1S/C12H14O/c1-10(8-11(2)13)9-12-6-4-3-5-7-12/h3-7,9H,8H2,1-2H3/b10-9+. The van der Waals surface area contributed by atoms with Gasteiger partial charge in [0.05, 0.1) is 0 Å². The summed E-state index contributed by atoms with van der Waals surface area (Å²) in [5, 5.41) is 0. The molecule has 0 radical (unpaired) electrons. The smallest absolute Gasteiger partial charge is 0.133 e. The van der Waals surface area contributed by atoms with E-state index < -0.39 is 0 Å². The molecule has 0 spiro atoms. The van der Waals surface area contributed by atoms with Crippen molar-refractivity contribution in [1.29, 1.82) is 0 Å². The second-order valence-corrected chi connectivity index (χ2v) is 3.28. The maximum Gasteiger partial charge on any atom is 0.133 e. The monoisotopic (exact) mass is 174 g/mol. The highest BCUT2D eigenvalue weighted by atomic mass is 16.1. The lowest BCUT2D eigenvalue weighted by molar-refractivity contribution is -0.116. The summed E-state index contributed by atoms with van der Waals surface area (Å²) in [6.45, 7) is 3.59. The minimum atomic E-state index is 0.213. The summed E-state index contributed by atoms with van der Waals surface area (Å²) in [5.41, 5.74) is 2.26. The van der Waals surface area contributed by atoms with Crippen LogP contribution in [0.3, 0.4) is 0 Å². The molecule has 68 valence electrons. The lowest BCUT2D eigenvalue weighted by atomic mass is 10.1. The molecule has 0 amide bonds. The Kier molecular flexibility index (Phi) is 3.44. The lowest BCUT2D eigenvalue weighted by Crippen LogP contribution is -1.89. The average Bonchev–Trinajstić information content (AvgIpc) is 2.04. The number of rotatable bonds is 3. The predicted molar refractivity (Wildman–Crippen MR) is 55.4 cm³/mol. The Balaban J connectivity index is 2.71. The topological polar surface area (TPSA) is 17.1 Å². The van der Waals surface area contributed by atoms with E-state index in [9.17, 15) is 4.79 Å². The molecule has 0 saturated carbocycles. The molecule has 1 aromatic rings. The van der Waals surface area contributed by atoms with Crippen molar-refractivity contribution in [1.82, 2.24) is 0 Å². The van der Waals surface area contributed by atoms with Gasteiger partial charge in [-0.05, 0) is 19.4 Å². The molecule has 0 atom stereocenters. The molecule has 1 nitrogen and oxygen atoms in total. The summed E-state index contributed by atoms with van der Waals surface area (Å²) in [5.74, 6) is 0.213.